The molecule has 33 heavy (non-hydrogen) atoms. The monoisotopic (exact) mass is 446 g/mol. The highest BCUT2D eigenvalue weighted by Gasteiger charge is 2.23. The van der Waals surface area contributed by atoms with Crippen molar-refractivity contribution < 1.29 is 14.6 Å². The SMILES string of the molecule is Cc1cc(CN2CCCC2CO)ccc1C(=O)Cn1ccc(OCc2ccccc2)cc1=O. The van der Waals surface area contributed by atoms with Crippen molar-refractivity contribution in [3.05, 3.63) is 99.5 Å². The molecule has 172 valence electrons. The molecule has 3 aromatic rings. The van der Waals surface area contributed by atoms with E-state index in [0.717, 1.165) is 42.6 Å². The molecule has 0 bridgehead atoms. The second-order valence-electron chi connectivity index (χ2n) is 8.62. The Morgan fingerprint density at radius 1 is 1.09 bits per heavy atom. The predicted molar refractivity (Wildman–Crippen MR) is 128 cm³/mol. The summed E-state index contributed by atoms with van der Waals surface area (Å²) in [5.41, 5.74) is 3.39. The number of carbonyl (C=O) groups excluding carboxylic acids is 1. The smallest absolute Gasteiger partial charge is 0.254 e. The molecule has 2 heterocycles. The van der Waals surface area contributed by atoms with E-state index in [-0.39, 0.29) is 30.5 Å². The first kappa shape index (κ1) is 23.0. The van der Waals surface area contributed by atoms with E-state index in [9.17, 15) is 14.7 Å². The number of ketones is 1. The molecular formula is C27H30N2O4. The highest BCUT2D eigenvalue weighted by Crippen LogP contribution is 2.21. The second-order valence-corrected chi connectivity index (χ2v) is 8.62. The van der Waals surface area contributed by atoms with Gasteiger partial charge in [-0.15, -0.1) is 0 Å². The number of nitrogens with zero attached hydrogens (tertiary/aromatic N) is 2. The minimum absolute atomic E-state index is 0.0172. The molecule has 1 aliphatic rings. The largest absolute Gasteiger partial charge is 0.489 e. The lowest BCUT2D eigenvalue weighted by atomic mass is 10.0. The summed E-state index contributed by atoms with van der Waals surface area (Å²) in [5.74, 6) is 0.379. The molecule has 1 fully saturated rings. The second kappa shape index (κ2) is 10.6. The normalized spacial score (nSPS) is 16.1. The highest BCUT2D eigenvalue weighted by molar-refractivity contribution is 5.97. The highest BCUT2D eigenvalue weighted by atomic mass is 16.5. The molecule has 6 heteroatoms. The summed E-state index contributed by atoms with van der Waals surface area (Å²) in [6, 6.07) is 18.9. The Morgan fingerprint density at radius 2 is 1.91 bits per heavy atom. The maximum Gasteiger partial charge on any atom is 0.254 e. The van der Waals surface area contributed by atoms with Gasteiger partial charge in [0.15, 0.2) is 5.78 Å². The first-order valence-corrected chi connectivity index (χ1v) is 11.4. The van der Waals surface area contributed by atoms with Crippen LogP contribution in [0.5, 0.6) is 5.75 Å². The van der Waals surface area contributed by atoms with Gasteiger partial charge < -0.3 is 14.4 Å². The topological polar surface area (TPSA) is 71.8 Å². The number of pyridine rings is 1. The zero-order chi connectivity index (χ0) is 23.2. The van der Waals surface area contributed by atoms with Gasteiger partial charge in [0.05, 0.1) is 13.2 Å². The number of hydrogen-bond donors (Lipinski definition) is 1. The minimum Gasteiger partial charge on any atom is -0.489 e. The lowest BCUT2D eigenvalue weighted by Gasteiger charge is -2.23. The molecule has 1 aromatic heterocycles. The summed E-state index contributed by atoms with van der Waals surface area (Å²) in [4.78, 5) is 27.7. The summed E-state index contributed by atoms with van der Waals surface area (Å²) < 4.78 is 7.11. The molecule has 1 atom stereocenters. The van der Waals surface area contributed by atoms with Gasteiger partial charge in [0, 0.05) is 30.4 Å². The Kier molecular flexibility index (Phi) is 7.37. The van der Waals surface area contributed by atoms with Crippen LogP contribution in [0.25, 0.3) is 0 Å². The first-order chi connectivity index (χ1) is 16.0. The third-order valence-corrected chi connectivity index (χ3v) is 6.22. The molecule has 0 radical (unpaired) electrons. The first-order valence-electron chi connectivity index (χ1n) is 11.4. The van der Waals surface area contributed by atoms with Gasteiger partial charge in [-0.3, -0.25) is 14.5 Å². The van der Waals surface area contributed by atoms with E-state index in [1.54, 1.807) is 12.3 Å². The molecule has 6 nitrogen and oxygen atoms in total. The molecule has 1 N–H and O–H groups in total. The summed E-state index contributed by atoms with van der Waals surface area (Å²) in [7, 11) is 0. The van der Waals surface area contributed by atoms with Crippen LogP contribution in [0.1, 0.15) is 39.9 Å². The summed E-state index contributed by atoms with van der Waals surface area (Å²) in [6.07, 6.45) is 3.73. The Bertz CT molecular complexity index is 1160. The lowest BCUT2D eigenvalue weighted by molar-refractivity contribution is 0.0970. The number of hydrogen-bond acceptors (Lipinski definition) is 5. The van der Waals surface area contributed by atoms with Crippen molar-refractivity contribution in [2.75, 3.05) is 13.2 Å². The van der Waals surface area contributed by atoms with Crippen LogP contribution in [-0.4, -0.2) is 39.6 Å². The van der Waals surface area contributed by atoms with Gasteiger partial charge in [0.25, 0.3) is 5.56 Å². The maximum atomic E-state index is 12.9. The number of carbonyl (C=O) groups is 1. The predicted octanol–water partition coefficient (Wildman–Crippen LogP) is 3.58. The average Bonchev–Trinajstić information content (AvgIpc) is 3.27. The van der Waals surface area contributed by atoms with Gasteiger partial charge in [0.2, 0.25) is 0 Å². The Morgan fingerprint density at radius 3 is 2.64 bits per heavy atom. The lowest BCUT2D eigenvalue weighted by Crippen LogP contribution is -2.31. The number of Topliss-reactive ketones (excluding diaryl/α,β-unsaturated/α-hetero) is 1. The van der Waals surface area contributed by atoms with Gasteiger partial charge in [-0.05, 0) is 49.1 Å². The van der Waals surface area contributed by atoms with E-state index >= 15 is 0 Å². The fourth-order valence-corrected chi connectivity index (χ4v) is 4.37. The van der Waals surface area contributed by atoms with Crippen molar-refractivity contribution in [2.24, 2.45) is 0 Å². The maximum absolute atomic E-state index is 12.9. The summed E-state index contributed by atoms with van der Waals surface area (Å²) >= 11 is 0. The van der Waals surface area contributed by atoms with Crippen LogP contribution in [0.4, 0.5) is 0 Å². The van der Waals surface area contributed by atoms with E-state index in [1.807, 2.05) is 55.5 Å². The fourth-order valence-electron chi connectivity index (χ4n) is 4.37. The van der Waals surface area contributed by atoms with Crippen LogP contribution in [0.3, 0.4) is 0 Å². The molecular weight excluding hydrogens is 416 g/mol. The van der Waals surface area contributed by atoms with Crippen molar-refractivity contribution in [3.8, 4) is 5.75 Å². The van der Waals surface area contributed by atoms with E-state index in [2.05, 4.69) is 4.90 Å². The Labute approximate surface area is 194 Å². The van der Waals surface area contributed by atoms with Crippen LogP contribution in [0.15, 0.2) is 71.7 Å². The van der Waals surface area contributed by atoms with Crippen LogP contribution in [0, 0.1) is 6.92 Å². The van der Waals surface area contributed by atoms with Crippen LogP contribution >= 0.6 is 0 Å². The molecule has 1 saturated heterocycles. The zero-order valence-electron chi connectivity index (χ0n) is 18.9. The molecule has 0 spiro atoms. The van der Waals surface area contributed by atoms with Crippen LogP contribution < -0.4 is 10.3 Å². The number of aliphatic hydroxyl groups excluding tert-OH is 1. The molecule has 4 rings (SSSR count). The van der Waals surface area contributed by atoms with Crippen LogP contribution in [0.2, 0.25) is 0 Å². The van der Waals surface area contributed by atoms with Gasteiger partial charge in [-0.1, -0.05) is 48.5 Å². The zero-order valence-corrected chi connectivity index (χ0v) is 18.9. The summed E-state index contributed by atoms with van der Waals surface area (Å²) in [6.45, 7) is 4.22. The molecule has 0 saturated carbocycles. The van der Waals surface area contributed by atoms with E-state index in [4.69, 9.17) is 4.74 Å². The summed E-state index contributed by atoms with van der Waals surface area (Å²) in [5, 5.41) is 9.53. The Hall–Kier alpha value is -3.22. The molecule has 0 amide bonds. The molecule has 2 aromatic carbocycles. The van der Waals surface area contributed by atoms with Crippen molar-refractivity contribution in [1.29, 1.82) is 0 Å². The number of benzene rings is 2. The number of likely N-dealkylation sites (tertiary alicyclic amines) is 1. The van der Waals surface area contributed by atoms with Crippen molar-refractivity contribution in [2.45, 2.75) is 45.5 Å². The van der Waals surface area contributed by atoms with E-state index in [1.165, 1.54) is 10.6 Å². The van der Waals surface area contributed by atoms with Crippen molar-refractivity contribution in [3.63, 3.8) is 0 Å². The Balaban J connectivity index is 1.38. The molecule has 1 aliphatic heterocycles. The third kappa shape index (κ3) is 5.78. The molecule has 1 unspecified atom stereocenters. The van der Waals surface area contributed by atoms with Gasteiger partial charge >= 0.3 is 0 Å². The number of ether oxygens (including phenoxy) is 1. The van der Waals surface area contributed by atoms with Gasteiger partial charge in [-0.25, -0.2) is 0 Å². The third-order valence-electron chi connectivity index (χ3n) is 6.22. The van der Waals surface area contributed by atoms with Gasteiger partial charge in [0.1, 0.15) is 12.4 Å². The van der Waals surface area contributed by atoms with Crippen molar-refractivity contribution in [1.82, 2.24) is 9.47 Å². The minimum atomic E-state index is -0.271. The number of rotatable bonds is 9. The van der Waals surface area contributed by atoms with Crippen molar-refractivity contribution >= 4 is 5.78 Å². The fraction of sp³-hybridized carbons (Fsp3) is 0.333. The number of aliphatic hydroxyl groups is 1. The van der Waals surface area contributed by atoms with Gasteiger partial charge in [-0.2, -0.15) is 0 Å². The van der Waals surface area contributed by atoms with Crippen LogP contribution in [-0.2, 0) is 19.7 Å². The molecule has 0 aliphatic carbocycles. The quantitative estimate of drug-likeness (QED) is 0.509. The van der Waals surface area contributed by atoms with E-state index in [0.29, 0.717) is 17.9 Å². The standard InChI is InChI=1S/C27H30N2O4/c1-20-14-22(16-28-12-5-8-23(28)18-30)9-10-25(20)26(31)17-29-13-11-24(15-27(29)32)33-19-21-6-3-2-4-7-21/h2-4,6-7,9-11,13-15,23,30H,5,8,12,16-19H2,1H3. The number of aromatic nitrogens is 1. The number of aryl methyl sites for hydroxylation is 1. The average molecular weight is 447 g/mol. The van der Waals surface area contributed by atoms with E-state index < -0.39 is 0 Å².